The van der Waals surface area contributed by atoms with Gasteiger partial charge in [0.1, 0.15) is 12.1 Å². The van der Waals surface area contributed by atoms with Crippen LogP contribution in [-0.2, 0) is 9.53 Å². The van der Waals surface area contributed by atoms with Crippen LogP contribution >= 0.6 is 0 Å². The van der Waals surface area contributed by atoms with E-state index in [0.29, 0.717) is 6.54 Å². The average molecular weight is 230 g/mol. The van der Waals surface area contributed by atoms with Crippen molar-refractivity contribution in [2.75, 3.05) is 20.1 Å². The van der Waals surface area contributed by atoms with E-state index >= 15 is 0 Å². The standard InChI is InChI=1S/C11H22N2O3/c1-6-7-13(8-9(14)12-5)10(15)16-11(2,3)4/h6-8H2,1-5H3,(H,12,14). The van der Waals surface area contributed by atoms with Gasteiger partial charge in [-0.3, -0.25) is 9.69 Å². The van der Waals surface area contributed by atoms with Crippen LogP contribution in [-0.4, -0.2) is 42.6 Å². The van der Waals surface area contributed by atoms with Gasteiger partial charge in [-0.1, -0.05) is 6.92 Å². The van der Waals surface area contributed by atoms with Crippen molar-refractivity contribution in [2.45, 2.75) is 39.7 Å². The summed E-state index contributed by atoms with van der Waals surface area (Å²) in [5.74, 6) is -0.195. The molecule has 5 heteroatoms. The van der Waals surface area contributed by atoms with Gasteiger partial charge in [0, 0.05) is 13.6 Å². The maximum Gasteiger partial charge on any atom is 0.410 e. The van der Waals surface area contributed by atoms with Crippen LogP contribution in [0.15, 0.2) is 0 Å². The van der Waals surface area contributed by atoms with E-state index in [1.165, 1.54) is 4.90 Å². The smallest absolute Gasteiger partial charge is 0.410 e. The Labute approximate surface area is 97.1 Å². The first kappa shape index (κ1) is 14.7. The molecule has 0 atom stereocenters. The number of nitrogens with zero attached hydrogens (tertiary/aromatic N) is 1. The molecule has 0 radical (unpaired) electrons. The van der Waals surface area contributed by atoms with E-state index in [9.17, 15) is 9.59 Å². The maximum atomic E-state index is 11.7. The molecule has 0 heterocycles. The van der Waals surface area contributed by atoms with E-state index in [1.54, 1.807) is 27.8 Å². The molecule has 0 aliphatic heterocycles. The zero-order chi connectivity index (χ0) is 12.8. The summed E-state index contributed by atoms with van der Waals surface area (Å²) in [6, 6.07) is 0. The number of amides is 2. The van der Waals surface area contributed by atoms with Crippen LogP contribution in [0.3, 0.4) is 0 Å². The Hall–Kier alpha value is -1.26. The molecule has 0 aliphatic rings. The third-order valence-electron chi connectivity index (χ3n) is 1.76. The summed E-state index contributed by atoms with van der Waals surface area (Å²) in [7, 11) is 1.54. The highest BCUT2D eigenvalue weighted by Gasteiger charge is 2.22. The second-order valence-electron chi connectivity index (χ2n) is 4.58. The van der Waals surface area contributed by atoms with Gasteiger partial charge >= 0.3 is 6.09 Å². The summed E-state index contributed by atoms with van der Waals surface area (Å²) in [5, 5.41) is 2.48. The minimum atomic E-state index is -0.536. The monoisotopic (exact) mass is 230 g/mol. The van der Waals surface area contributed by atoms with Crippen LogP contribution in [0.1, 0.15) is 34.1 Å². The lowest BCUT2D eigenvalue weighted by Gasteiger charge is -2.26. The number of nitrogens with one attached hydrogen (secondary N) is 1. The first-order valence-corrected chi connectivity index (χ1v) is 5.48. The van der Waals surface area contributed by atoms with Crippen molar-refractivity contribution in [2.24, 2.45) is 0 Å². The fourth-order valence-corrected chi connectivity index (χ4v) is 1.08. The van der Waals surface area contributed by atoms with Gasteiger partial charge in [0.25, 0.3) is 0 Å². The third-order valence-corrected chi connectivity index (χ3v) is 1.76. The predicted molar refractivity (Wildman–Crippen MR) is 62.2 cm³/mol. The molecule has 16 heavy (non-hydrogen) atoms. The van der Waals surface area contributed by atoms with Crippen molar-refractivity contribution in [1.29, 1.82) is 0 Å². The lowest BCUT2D eigenvalue weighted by molar-refractivity contribution is -0.121. The molecule has 0 saturated carbocycles. The Bertz CT molecular complexity index is 246. The van der Waals surface area contributed by atoms with Crippen LogP contribution in [0.25, 0.3) is 0 Å². The molecule has 0 bridgehead atoms. The summed E-state index contributed by atoms with van der Waals surface area (Å²) < 4.78 is 5.20. The Kier molecular flexibility index (Phi) is 5.85. The Morgan fingerprint density at radius 3 is 2.25 bits per heavy atom. The summed E-state index contributed by atoms with van der Waals surface area (Å²) in [6.45, 7) is 7.90. The molecule has 1 N–H and O–H groups in total. The molecule has 0 aromatic heterocycles. The number of carbonyl (C=O) groups is 2. The van der Waals surface area contributed by atoms with E-state index in [-0.39, 0.29) is 12.5 Å². The first-order chi connectivity index (χ1) is 7.30. The van der Waals surface area contributed by atoms with Gasteiger partial charge in [-0.05, 0) is 27.2 Å². The molecule has 5 nitrogen and oxygen atoms in total. The second kappa shape index (κ2) is 6.35. The van der Waals surface area contributed by atoms with Crippen LogP contribution in [0.2, 0.25) is 0 Å². The van der Waals surface area contributed by atoms with Crippen LogP contribution in [0.4, 0.5) is 4.79 Å². The van der Waals surface area contributed by atoms with Crippen molar-refractivity contribution in [3.8, 4) is 0 Å². The quantitative estimate of drug-likeness (QED) is 0.793. The molecule has 0 aromatic rings. The molecule has 0 aliphatic carbocycles. The molecule has 94 valence electrons. The SMILES string of the molecule is CCCN(CC(=O)NC)C(=O)OC(C)(C)C. The van der Waals surface area contributed by atoms with Gasteiger partial charge in [-0.25, -0.2) is 4.79 Å². The highest BCUT2D eigenvalue weighted by molar-refractivity contribution is 5.82. The second-order valence-corrected chi connectivity index (χ2v) is 4.58. The van der Waals surface area contributed by atoms with Crippen LogP contribution in [0, 0.1) is 0 Å². The lowest BCUT2D eigenvalue weighted by Crippen LogP contribution is -2.42. The lowest BCUT2D eigenvalue weighted by atomic mass is 10.2. The Balaban J connectivity index is 4.40. The zero-order valence-electron chi connectivity index (χ0n) is 10.8. The van der Waals surface area contributed by atoms with E-state index in [4.69, 9.17) is 4.74 Å². The van der Waals surface area contributed by atoms with E-state index in [2.05, 4.69) is 5.32 Å². The van der Waals surface area contributed by atoms with Gasteiger partial charge in [-0.15, -0.1) is 0 Å². The van der Waals surface area contributed by atoms with Gasteiger partial charge in [-0.2, -0.15) is 0 Å². The third kappa shape index (κ3) is 6.27. The molecule has 0 aromatic carbocycles. The molecular formula is C11H22N2O3. The number of likely N-dealkylation sites (N-methyl/N-ethyl adjacent to an activating group) is 1. The molecule has 0 fully saturated rings. The van der Waals surface area contributed by atoms with Crippen molar-refractivity contribution < 1.29 is 14.3 Å². The van der Waals surface area contributed by atoms with E-state index in [0.717, 1.165) is 6.42 Å². The molecule has 0 rings (SSSR count). The first-order valence-electron chi connectivity index (χ1n) is 5.48. The van der Waals surface area contributed by atoms with Crippen LogP contribution in [0.5, 0.6) is 0 Å². The number of ether oxygens (including phenoxy) is 1. The fourth-order valence-electron chi connectivity index (χ4n) is 1.08. The van der Waals surface area contributed by atoms with Crippen molar-refractivity contribution in [3.05, 3.63) is 0 Å². The van der Waals surface area contributed by atoms with Crippen molar-refractivity contribution in [1.82, 2.24) is 10.2 Å². The molecule has 0 unspecified atom stereocenters. The molecule has 0 saturated heterocycles. The maximum absolute atomic E-state index is 11.7. The minimum absolute atomic E-state index is 0.0409. The summed E-state index contributed by atoms with van der Waals surface area (Å²) >= 11 is 0. The fraction of sp³-hybridized carbons (Fsp3) is 0.818. The van der Waals surface area contributed by atoms with Crippen molar-refractivity contribution >= 4 is 12.0 Å². The predicted octanol–water partition coefficient (Wildman–Crippen LogP) is 1.38. The normalized spacial score (nSPS) is 10.8. The van der Waals surface area contributed by atoms with Crippen molar-refractivity contribution in [3.63, 3.8) is 0 Å². The highest BCUT2D eigenvalue weighted by Crippen LogP contribution is 2.10. The topological polar surface area (TPSA) is 58.6 Å². The van der Waals surface area contributed by atoms with E-state index < -0.39 is 11.7 Å². The number of hydrogen-bond acceptors (Lipinski definition) is 3. The average Bonchev–Trinajstić information content (AvgIpc) is 2.14. The van der Waals surface area contributed by atoms with Gasteiger partial charge < -0.3 is 10.1 Å². The Morgan fingerprint density at radius 2 is 1.88 bits per heavy atom. The Morgan fingerprint density at radius 1 is 1.31 bits per heavy atom. The van der Waals surface area contributed by atoms with Gasteiger partial charge in [0.2, 0.25) is 5.91 Å². The van der Waals surface area contributed by atoms with Gasteiger partial charge in [0.05, 0.1) is 0 Å². The zero-order valence-corrected chi connectivity index (χ0v) is 10.8. The minimum Gasteiger partial charge on any atom is -0.444 e. The number of rotatable bonds is 4. The summed E-state index contributed by atoms with van der Waals surface area (Å²) in [4.78, 5) is 24.3. The molecular weight excluding hydrogens is 208 g/mol. The number of hydrogen-bond donors (Lipinski definition) is 1. The van der Waals surface area contributed by atoms with Crippen LogP contribution < -0.4 is 5.32 Å². The summed E-state index contributed by atoms with van der Waals surface area (Å²) in [5.41, 5.74) is -0.536. The largest absolute Gasteiger partial charge is 0.444 e. The van der Waals surface area contributed by atoms with E-state index in [1.807, 2.05) is 6.92 Å². The molecule has 2 amide bonds. The highest BCUT2D eigenvalue weighted by atomic mass is 16.6. The van der Waals surface area contributed by atoms with Gasteiger partial charge in [0.15, 0.2) is 0 Å². The number of carbonyl (C=O) groups excluding carboxylic acids is 2. The molecule has 0 spiro atoms. The summed E-state index contributed by atoms with van der Waals surface area (Å²) in [6.07, 6.45) is 0.342.